The summed E-state index contributed by atoms with van der Waals surface area (Å²) in [6, 6.07) is 26.0. The van der Waals surface area contributed by atoms with Gasteiger partial charge < -0.3 is 9.64 Å². The van der Waals surface area contributed by atoms with Gasteiger partial charge in [-0.3, -0.25) is 9.59 Å². The molecule has 0 heterocycles. The second-order valence-electron chi connectivity index (χ2n) is 14.3. The van der Waals surface area contributed by atoms with Crippen molar-refractivity contribution in [2.45, 2.75) is 96.8 Å². The topological polar surface area (TPSA) is 46.6 Å². The fraction of sp³-hybridized carbons (Fsp3) is 0.512. The maximum Gasteiger partial charge on any atom is 0.253 e. The number of Topliss-reactive ketones (excluding diaryl/α,β-unsaturated/α-hetero) is 1. The van der Waals surface area contributed by atoms with E-state index in [0.717, 1.165) is 86.9 Å². The number of carbonyl (C=O) groups excluding carboxylic acids is 2. The van der Waals surface area contributed by atoms with Crippen molar-refractivity contribution in [3.05, 3.63) is 101 Å². The van der Waals surface area contributed by atoms with Gasteiger partial charge in [0.15, 0.2) is 0 Å². The van der Waals surface area contributed by atoms with E-state index in [0.29, 0.717) is 25.4 Å². The molecule has 0 aromatic heterocycles. The summed E-state index contributed by atoms with van der Waals surface area (Å²) >= 11 is 0. The molecule has 46 heavy (non-hydrogen) atoms. The van der Waals surface area contributed by atoms with Crippen molar-refractivity contribution in [1.29, 1.82) is 0 Å². The summed E-state index contributed by atoms with van der Waals surface area (Å²) < 4.78 is 22.6. The van der Waals surface area contributed by atoms with Crippen LogP contribution in [0.3, 0.4) is 0 Å². The van der Waals surface area contributed by atoms with Crippen molar-refractivity contribution in [1.82, 2.24) is 4.90 Å². The SMILES string of the molecule is CCCCCN(CCCC[C@@H]1Cc2cc(OCc3ccccc3)ccc2C2C1C1CCC(=O)[C@@]1(C)C[C@@H]2F)C(=O)c1ccccc1. The molecule has 0 spiro atoms. The van der Waals surface area contributed by atoms with Gasteiger partial charge in [0, 0.05) is 36.4 Å². The summed E-state index contributed by atoms with van der Waals surface area (Å²) in [7, 11) is 0. The van der Waals surface area contributed by atoms with Crippen molar-refractivity contribution < 1.29 is 18.7 Å². The van der Waals surface area contributed by atoms with Gasteiger partial charge in [-0.25, -0.2) is 4.39 Å². The largest absolute Gasteiger partial charge is 0.489 e. The number of ketones is 1. The molecular weight excluding hydrogens is 573 g/mol. The molecule has 6 rings (SSSR count). The predicted octanol–water partition coefficient (Wildman–Crippen LogP) is 9.37. The van der Waals surface area contributed by atoms with Gasteiger partial charge in [-0.1, -0.05) is 87.7 Å². The van der Waals surface area contributed by atoms with Gasteiger partial charge in [-0.15, -0.1) is 0 Å². The average Bonchev–Trinajstić information content (AvgIpc) is 3.37. The van der Waals surface area contributed by atoms with Crippen LogP contribution in [0.5, 0.6) is 5.75 Å². The second-order valence-corrected chi connectivity index (χ2v) is 14.3. The van der Waals surface area contributed by atoms with E-state index in [2.05, 4.69) is 31.2 Å². The standard InChI is InChI=1S/C41H50FNO3/c1-3-4-12-23-43(40(45)30-16-9-6-10-17-30)24-13-11-18-31-25-32-26-33(46-28-29-14-7-5-8-15-29)19-20-34(32)39-36(42)27-41(2)35(38(31)39)21-22-37(41)44/h5-10,14-17,19-20,26,31,35-36,38-39H,3-4,11-13,18,21-25,27-28H2,1-2H3/t31-,35?,36+,38?,39?,41+/m1/s1. The molecule has 0 aliphatic heterocycles. The smallest absolute Gasteiger partial charge is 0.253 e. The third-order valence-corrected chi connectivity index (χ3v) is 11.4. The molecule has 2 fully saturated rings. The lowest BCUT2D eigenvalue weighted by atomic mass is 9.51. The molecule has 3 aromatic rings. The molecule has 4 nitrogen and oxygen atoms in total. The highest BCUT2D eigenvalue weighted by molar-refractivity contribution is 5.94. The molecule has 0 radical (unpaired) electrons. The summed E-state index contributed by atoms with van der Waals surface area (Å²) in [6.45, 7) is 6.25. The predicted molar refractivity (Wildman–Crippen MR) is 182 cm³/mol. The number of halogens is 1. The molecule has 5 heteroatoms. The fourth-order valence-electron chi connectivity index (χ4n) is 9.00. The Balaban J connectivity index is 1.19. The zero-order chi connectivity index (χ0) is 32.1. The van der Waals surface area contributed by atoms with E-state index in [1.165, 1.54) is 5.56 Å². The van der Waals surface area contributed by atoms with Crippen LogP contribution in [0.2, 0.25) is 0 Å². The first-order valence-corrected chi connectivity index (χ1v) is 17.7. The third-order valence-electron chi connectivity index (χ3n) is 11.4. The molecule has 1 amide bonds. The van der Waals surface area contributed by atoms with Crippen molar-refractivity contribution in [2.24, 2.45) is 23.2 Å². The molecule has 0 saturated heterocycles. The van der Waals surface area contributed by atoms with Crippen LogP contribution in [0.25, 0.3) is 0 Å². The van der Waals surface area contributed by atoms with Crippen LogP contribution in [0.15, 0.2) is 78.9 Å². The Hall–Kier alpha value is -3.47. The van der Waals surface area contributed by atoms with E-state index in [1.54, 1.807) is 0 Å². The Kier molecular flexibility index (Phi) is 10.3. The molecule has 3 aliphatic carbocycles. The Morgan fingerprint density at radius 2 is 1.67 bits per heavy atom. The van der Waals surface area contributed by atoms with Gasteiger partial charge >= 0.3 is 0 Å². The quantitative estimate of drug-likeness (QED) is 0.178. The molecule has 244 valence electrons. The summed E-state index contributed by atoms with van der Waals surface area (Å²) in [5, 5.41) is 0. The molecule has 3 unspecified atom stereocenters. The van der Waals surface area contributed by atoms with Crippen LogP contribution < -0.4 is 4.74 Å². The van der Waals surface area contributed by atoms with Crippen LogP contribution in [0.1, 0.15) is 105 Å². The highest BCUT2D eigenvalue weighted by Gasteiger charge is 2.60. The van der Waals surface area contributed by atoms with Crippen LogP contribution in [-0.4, -0.2) is 35.9 Å². The van der Waals surface area contributed by atoms with Crippen LogP contribution in [0.4, 0.5) is 4.39 Å². The van der Waals surface area contributed by atoms with Gasteiger partial charge in [0.2, 0.25) is 0 Å². The first-order valence-electron chi connectivity index (χ1n) is 17.7. The first kappa shape index (κ1) is 32.5. The first-order chi connectivity index (χ1) is 22.4. The minimum Gasteiger partial charge on any atom is -0.489 e. The van der Waals surface area contributed by atoms with E-state index < -0.39 is 11.6 Å². The Morgan fingerprint density at radius 1 is 0.957 bits per heavy atom. The number of amides is 1. The molecule has 3 aromatic carbocycles. The second kappa shape index (κ2) is 14.5. The average molecular weight is 624 g/mol. The molecule has 2 saturated carbocycles. The normalized spacial score (nSPS) is 26.6. The van der Waals surface area contributed by atoms with Crippen molar-refractivity contribution >= 4 is 11.7 Å². The lowest BCUT2D eigenvalue weighted by molar-refractivity contribution is -0.132. The molecule has 6 atom stereocenters. The maximum absolute atomic E-state index is 16.4. The minimum absolute atomic E-state index is 0.110. The van der Waals surface area contributed by atoms with E-state index in [1.807, 2.05) is 66.4 Å². The summed E-state index contributed by atoms with van der Waals surface area (Å²) in [5.74, 6) is 1.72. The number of unbranched alkanes of at least 4 members (excludes halogenated alkanes) is 3. The third kappa shape index (κ3) is 6.80. The Morgan fingerprint density at radius 3 is 2.41 bits per heavy atom. The zero-order valence-electron chi connectivity index (χ0n) is 27.6. The molecular formula is C41H50FNO3. The zero-order valence-corrected chi connectivity index (χ0v) is 27.6. The number of alkyl halides is 1. The monoisotopic (exact) mass is 623 g/mol. The number of rotatable bonds is 13. The van der Waals surface area contributed by atoms with E-state index in [9.17, 15) is 9.59 Å². The van der Waals surface area contributed by atoms with Crippen molar-refractivity contribution in [3.63, 3.8) is 0 Å². The summed E-state index contributed by atoms with van der Waals surface area (Å²) in [6.07, 6.45) is 7.79. The molecule has 3 aliphatic rings. The van der Waals surface area contributed by atoms with Crippen LogP contribution in [-0.2, 0) is 17.8 Å². The van der Waals surface area contributed by atoms with Gasteiger partial charge in [0.05, 0.1) is 0 Å². The number of fused-ring (bicyclic) bond motifs is 5. The lowest BCUT2D eigenvalue weighted by Crippen LogP contribution is -2.50. The van der Waals surface area contributed by atoms with E-state index >= 15 is 4.39 Å². The van der Waals surface area contributed by atoms with Gasteiger partial charge in [0.1, 0.15) is 24.3 Å². The lowest BCUT2D eigenvalue weighted by Gasteiger charge is -2.53. The Bertz CT molecular complexity index is 1480. The van der Waals surface area contributed by atoms with Crippen LogP contribution >= 0.6 is 0 Å². The molecule has 0 bridgehead atoms. The van der Waals surface area contributed by atoms with Crippen molar-refractivity contribution in [2.75, 3.05) is 13.1 Å². The molecule has 0 N–H and O–H groups in total. The van der Waals surface area contributed by atoms with Crippen LogP contribution in [0, 0.1) is 23.2 Å². The number of hydrogen-bond donors (Lipinski definition) is 0. The number of hydrogen-bond acceptors (Lipinski definition) is 3. The Labute approximate surface area is 274 Å². The fourth-order valence-corrected chi connectivity index (χ4v) is 9.00. The highest BCUT2D eigenvalue weighted by Crippen LogP contribution is 2.62. The number of nitrogens with zero attached hydrogens (tertiary/aromatic N) is 1. The summed E-state index contributed by atoms with van der Waals surface area (Å²) in [4.78, 5) is 28.6. The van der Waals surface area contributed by atoms with Crippen molar-refractivity contribution in [3.8, 4) is 5.75 Å². The van der Waals surface area contributed by atoms with Gasteiger partial charge in [0.25, 0.3) is 5.91 Å². The van der Waals surface area contributed by atoms with E-state index in [4.69, 9.17) is 4.74 Å². The number of carbonyl (C=O) groups is 2. The minimum atomic E-state index is -1.02. The highest BCUT2D eigenvalue weighted by atomic mass is 19.1. The van der Waals surface area contributed by atoms with Gasteiger partial charge in [-0.2, -0.15) is 0 Å². The number of benzene rings is 3. The summed E-state index contributed by atoms with van der Waals surface area (Å²) in [5.41, 5.74) is 3.64. The van der Waals surface area contributed by atoms with Gasteiger partial charge in [-0.05, 0) is 97.2 Å². The number of ether oxygens (including phenoxy) is 1. The maximum atomic E-state index is 16.4. The van der Waals surface area contributed by atoms with E-state index in [-0.39, 0.29) is 29.4 Å².